The fourth-order valence-corrected chi connectivity index (χ4v) is 8.35. The lowest BCUT2D eigenvalue weighted by atomic mass is 9.81. The molecule has 0 amide bonds. The van der Waals surface area contributed by atoms with Gasteiger partial charge in [0.2, 0.25) is 0 Å². The number of nitrogens with zero attached hydrogens (tertiary/aromatic N) is 2. The Morgan fingerprint density at radius 3 is 1.78 bits per heavy atom. The summed E-state index contributed by atoms with van der Waals surface area (Å²) in [5, 5.41) is 7.29. The first-order valence-electron chi connectivity index (χ1n) is 17.7. The second-order valence-electron chi connectivity index (χ2n) is 14.2. The van der Waals surface area contributed by atoms with Gasteiger partial charge in [0.1, 0.15) is 0 Å². The van der Waals surface area contributed by atoms with Gasteiger partial charge in [0, 0.05) is 22.1 Å². The van der Waals surface area contributed by atoms with E-state index in [1.165, 1.54) is 60.3 Å². The molecule has 10 rings (SSSR count). The first-order valence-corrected chi connectivity index (χ1v) is 17.7. The van der Waals surface area contributed by atoms with Crippen molar-refractivity contribution >= 4 is 32.3 Å². The SMILES string of the molecule is CC1(C)c2ccc(-c3ccc(-c4nc(-c5ccccc5)cc(-c5cccc6ccccc56)n4)c4ccccc34)cc2-c2c1ccc1ccccc21. The van der Waals surface area contributed by atoms with Crippen molar-refractivity contribution in [1.29, 1.82) is 0 Å². The van der Waals surface area contributed by atoms with Gasteiger partial charge in [0.15, 0.2) is 5.82 Å². The fourth-order valence-electron chi connectivity index (χ4n) is 8.35. The largest absolute Gasteiger partial charge is 0.228 e. The van der Waals surface area contributed by atoms with Crippen molar-refractivity contribution in [1.82, 2.24) is 9.97 Å². The molecule has 8 aromatic carbocycles. The van der Waals surface area contributed by atoms with Gasteiger partial charge in [-0.1, -0.05) is 166 Å². The van der Waals surface area contributed by atoms with E-state index in [9.17, 15) is 0 Å². The van der Waals surface area contributed by atoms with E-state index in [4.69, 9.17) is 9.97 Å². The summed E-state index contributed by atoms with van der Waals surface area (Å²) in [6.45, 7) is 4.71. The summed E-state index contributed by atoms with van der Waals surface area (Å²) < 4.78 is 0. The molecule has 2 heteroatoms. The van der Waals surface area contributed by atoms with Crippen molar-refractivity contribution in [2.75, 3.05) is 0 Å². The molecule has 0 atom stereocenters. The number of hydrogen-bond acceptors (Lipinski definition) is 2. The Morgan fingerprint density at radius 1 is 0.373 bits per heavy atom. The van der Waals surface area contributed by atoms with Crippen LogP contribution in [0, 0.1) is 0 Å². The molecule has 9 aromatic rings. The first kappa shape index (κ1) is 29.5. The second kappa shape index (κ2) is 11.3. The van der Waals surface area contributed by atoms with Crippen LogP contribution in [0.4, 0.5) is 0 Å². The molecule has 0 aliphatic heterocycles. The Morgan fingerprint density at radius 2 is 0.980 bits per heavy atom. The van der Waals surface area contributed by atoms with Crippen molar-refractivity contribution in [2.45, 2.75) is 19.3 Å². The number of hydrogen-bond donors (Lipinski definition) is 0. The van der Waals surface area contributed by atoms with E-state index in [1.54, 1.807) is 0 Å². The van der Waals surface area contributed by atoms with Gasteiger partial charge in [0.25, 0.3) is 0 Å². The molecule has 0 bridgehead atoms. The highest BCUT2D eigenvalue weighted by Gasteiger charge is 2.36. The van der Waals surface area contributed by atoms with Gasteiger partial charge in [-0.25, -0.2) is 9.97 Å². The Bertz CT molecular complexity index is 2820. The summed E-state index contributed by atoms with van der Waals surface area (Å²) in [6, 6.07) is 61.2. The quantitative estimate of drug-likeness (QED) is 0.189. The molecular weight excluding hydrogens is 617 g/mol. The zero-order valence-electron chi connectivity index (χ0n) is 28.6. The van der Waals surface area contributed by atoms with E-state index in [-0.39, 0.29) is 5.41 Å². The van der Waals surface area contributed by atoms with Crippen LogP contribution < -0.4 is 0 Å². The minimum absolute atomic E-state index is 0.0674. The van der Waals surface area contributed by atoms with Gasteiger partial charge in [-0.3, -0.25) is 0 Å². The molecule has 51 heavy (non-hydrogen) atoms. The summed E-state index contributed by atoms with van der Waals surface area (Å²) in [5.74, 6) is 0.720. The second-order valence-corrected chi connectivity index (χ2v) is 14.2. The van der Waals surface area contributed by atoms with Gasteiger partial charge in [-0.15, -0.1) is 0 Å². The minimum atomic E-state index is -0.0674. The molecule has 1 heterocycles. The summed E-state index contributed by atoms with van der Waals surface area (Å²) >= 11 is 0. The summed E-state index contributed by atoms with van der Waals surface area (Å²) in [4.78, 5) is 10.5. The lowest BCUT2D eigenvalue weighted by Crippen LogP contribution is -2.14. The maximum atomic E-state index is 5.31. The predicted molar refractivity (Wildman–Crippen MR) is 214 cm³/mol. The maximum Gasteiger partial charge on any atom is 0.161 e. The van der Waals surface area contributed by atoms with Gasteiger partial charge in [0.05, 0.1) is 11.4 Å². The standard InChI is InChI=1S/C49H34N2/c1-49(2)43-27-24-34(29-42(43)47-37-19-9-7-14-32(37)23-28-44(47)49)36-25-26-41(39-21-11-10-20-38(36)39)48-50-45(33-15-4-3-5-16-33)30-46(51-48)40-22-12-17-31-13-6-8-18-35(31)40/h3-30H,1-2H3. The van der Waals surface area contributed by atoms with Gasteiger partial charge in [-0.2, -0.15) is 0 Å². The minimum Gasteiger partial charge on any atom is -0.228 e. The van der Waals surface area contributed by atoms with Crippen molar-refractivity contribution in [3.63, 3.8) is 0 Å². The van der Waals surface area contributed by atoms with Gasteiger partial charge >= 0.3 is 0 Å². The van der Waals surface area contributed by atoms with Crippen molar-refractivity contribution in [2.24, 2.45) is 0 Å². The molecule has 0 fully saturated rings. The van der Waals surface area contributed by atoms with Crippen LogP contribution in [0.25, 0.3) is 88.5 Å². The third kappa shape index (κ3) is 4.64. The summed E-state index contributed by atoms with van der Waals surface area (Å²) in [7, 11) is 0. The van der Waals surface area contributed by atoms with Crippen LogP contribution >= 0.6 is 0 Å². The van der Waals surface area contributed by atoms with E-state index in [2.05, 4.69) is 178 Å². The Kier molecular flexibility index (Phi) is 6.56. The highest BCUT2D eigenvalue weighted by molar-refractivity contribution is 6.07. The molecule has 2 nitrogen and oxygen atoms in total. The lowest BCUT2D eigenvalue weighted by Gasteiger charge is -2.21. The Labute approximate surface area is 297 Å². The molecule has 1 aliphatic carbocycles. The van der Waals surface area contributed by atoms with E-state index in [0.29, 0.717) is 0 Å². The highest BCUT2D eigenvalue weighted by Crippen LogP contribution is 2.52. The van der Waals surface area contributed by atoms with Gasteiger partial charge < -0.3 is 0 Å². The van der Waals surface area contributed by atoms with Crippen molar-refractivity contribution < 1.29 is 0 Å². The zero-order chi connectivity index (χ0) is 34.1. The van der Waals surface area contributed by atoms with Crippen molar-refractivity contribution in [3.8, 4) is 56.2 Å². The average Bonchev–Trinajstić information content (AvgIpc) is 3.43. The fraction of sp³-hybridized carbons (Fsp3) is 0.0612. The van der Waals surface area contributed by atoms with Crippen molar-refractivity contribution in [3.05, 3.63) is 181 Å². The summed E-state index contributed by atoms with van der Waals surface area (Å²) in [6.07, 6.45) is 0. The molecule has 240 valence electrons. The van der Waals surface area contributed by atoms with E-state index < -0.39 is 0 Å². The number of rotatable bonds is 4. The Balaban J connectivity index is 1.17. The highest BCUT2D eigenvalue weighted by atomic mass is 14.9. The number of fused-ring (bicyclic) bond motifs is 7. The first-order chi connectivity index (χ1) is 25.0. The van der Waals surface area contributed by atoms with Gasteiger partial charge in [-0.05, 0) is 83.9 Å². The van der Waals surface area contributed by atoms with E-state index in [1.807, 2.05) is 6.07 Å². The monoisotopic (exact) mass is 650 g/mol. The molecule has 0 spiro atoms. The molecule has 0 radical (unpaired) electrons. The molecule has 0 saturated carbocycles. The van der Waals surface area contributed by atoms with E-state index in [0.717, 1.165) is 39.3 Å². The van der Waals surface area contributed by atoms with Crippen LogP contribution in [0.3, 0.4) is 0 Å². The van der Waals surface area contributed by atoms with E-state index >= 15 is 0 Å². The Hall–Kier alpha value is -6.38. The zero-order valence-corrected chi connectivity index (χ0v) is 28.6. The molecule has 1 aliphatic rings. The van der Waals surface area contributed by atoms with Crippen LogP contribution in [0.15, 0.2) is 170 Å². The number of aromatic nitrogens is 2. The lowest BCUT2D eigenvalue weighted by molar-refractivity contribution is 0.661. The molecular formula is C49H34N2. The molecule has 0 saturated heterocycles. The molecule has 0 unspecified atom stereocenters. The number of benzene rings is 8. The smallest absolute Gasteiger partial charge is 0.161 e. The molecule has 1 aromatic heterocycles. The molecule has 0 N–H and O–H groups in total. The predicted octanol–water partition coefficient (Wildman–Crippen LogP) is 12.9. The maximum absolute atomic E-state index is 5.31. The summed E-state index contributed by atoms with van der Waals surface area (Å²) in [5.41, 5.74) is 12.8. The third-order valence-electron chi connectivity index (χ3n) is 10.9. The van der Waals surface area contributed by atoms with Crippen LogP contribution in [0.2, 0.25) is 0 Å². The van der Waals surface area contributed by atoms with Crippen LogP contribution in [0.5, 0.6) is 0 Å². The van der Waals surface area contributed by atoms with Crippen LogP contribution in [0.1, 0.15) is 25.0 Å². The average molecular weight is 651 g/mol. The topological polar surface area (TPSA) is 25.8 Å². The third-order valence-corrected chi connectivity index (χ3v) is 10.9. The normalized spacial score (nSPS) is 13.1. The van der Waals surface area contributed by atoms with Crippen LogP contribution in [-0.2, 0) is 5.41 Å². The van der Waals surface area contributed by atoms with Crippen LogP contribution in [-0.4, -0.2) is 9.97 Å².